The summed E-state index contributed by atoms with van der Waals surface area (Å²) in [6.45, 7) is 6.49. The first kappa shape index (κ1) is 12.7. The van der Waals surface area contributed by atoms with Crippen LogP contribution in [0, 0.1) is 6.92 Å². The number of rotatable bonds is 6. The zero-order chi connectivity index (χ0) is 11.3. The molecular weight excluding hydrogens is 204 g/mol. The summed E-state index contributed by atoms with van der Waals surface area (Å²) in [4.78, 5) is 3.88. The molecule has 0 bridgehead atoms. The summed E-state index contributed by atoms with van der Waals surface area (Å²) in [7, 11) is 2.17. The molecule has 1 atom stereocenters. The molecule has 86 valence electrons. The Morgan fingerprint density at radius 2 is 2.20 bits per heavy atom. The van der Waals surface area contributed by atoms with Gasteiger partial charge in [0, 0.05) is 17.5 Å². The van der Waals surface area contributed by atoms with Crippen LogP contribution in [-0.4, -0.2) is 31.1 Å². The molecule has 3 heteroatoms. The van der Waals surface area contributed by atoms with Gasteiger partial charge >= 0.3 is 0 Å². The van der Waals surface area contributed by atoms with E-state index in [1.807, 2.05) is 11.3 Å². The monoisotopic (exact) mass is 226 g/mol. The van der Waals surface area contributed by atoms with Gasteiger partial charge in [-0.15, -0.1) is 11.3 Å². The highest BCUT2D eigenvalue weighted by atomic mass is 32.1. The maximum Gasteiger partial charge on any atom is 0.00871 e. The van der Waals surface area contributed by atoms with E-state index in [1.165, 1.54) is 16.9 Å². The molecule has 1 heterocycles. The highest BCUT2D eigenvalue weighted by Gasteiger charge is 2.03. The van der Waals surface area contributed by atoms with E-state index in [9.17, 15) is 0 Å². The summed E-state index contributed by atoms with van der Waals surface area (Å²) in [5.41, 5.74) is 7.16. The molecular formula is C12H22N2S. The lowest BCUT2D eigenvalue weighted by atomic mass is 10.2. The molecule has 0 radical (unpaired) electrons. The fourth-order valence-corrected chi connectivity index (χ4v) is 2.39. The van der Waals surface area contributed by atoms with Crippen LogP contribution in [0.5, 0.6) is 0 Å². The lowest BCUT2D eigenvalue weighted by molar-refractivity contribution is 0.325. The number of thiophene rings is 1. The first-order chi connectivity index (χ1) is 7.09. The Bertz CT molecular complexity index is 281. The van der Waals surface area contributed by atoms with Crippen LogP contribution in [0.3, 0.4) is 0 Å². The molecule has 0 saturated heterocycles. The van der Waals surface area contributed by atoms with Gasteiger partial charge in [0.25, 0.3) is 0 Å². The molecule has 2 N–H and O–H groups in total. The van der Waals surface area contributed by atoms with E-state index in [1.54, 1.807) is 0 Å². The number of aryl methyl sites for hydroxylation is 1. The van der Waals surface area contributed by atoms with E-state index in [0.717, 1.165) is 19.5 Å². The van der Waals surface area contributed by atoms with Crippen LogP contribution in [-0.2, 0) is 6.42 Å². The SMILES string of the molecule is Cc1ccsc1CCN(C)CCC(C)N. The van der Waals surface area contributed by atoms with Crippen LogP contribution < -0.4 is 5.73 Å². The van der Waals surface area contributed by atoms with E-state index in [-0.39, 0.29) is 0 Å². The third-order valence-corrected chi connectivity index (χ3v) is 3.74. The van der Waals surface area contributed by atoms with E-state index >= 15 is 0 Å². The van der Waals surface area contributed by atoms with Crippen molar-refractivity contribution in [3.8, 4) is 0 Å². The second-order valence-electron chi connectivity index (χ2n) is 4.35. The van der Waals surface area contributed by atoms with Gasteiger partial charge < -0.3 is 10.6 Å². The molecule has 2 nitrogen and oxygen atoms in total. The van der Waals surface area contributed by atoms with Crippen LogP contribution in [0.4, 0.5) is 0 Å². The fraction of sp³-hybridized carbons (Fsp3) is 0.667. The maximum absolute atomic E-state index is 5.73. The highest BCUT2D eigenvalue weighted by molar-refractivity contribution is 7.10. The van der Waals surface area contributed by atoms with Gasteiger partial charge in [0.05, 0.1) is 0 Å². The summed E-state index contributed by atoms with van der Waals surface area (Å²) in [5.74, 6) is 0. The molecule has 0 amide bonds. The van der Waals surface area contributed by atoms with Crippen molar-refractivity contribution in [3.63, 3.8) is 0 Å². The van der Waals surface area contributed by atoms with Crippen molar-refractivity contribution in [1.82, 2.24) is 4.90 Å². The Hall–Kier alpha value is -0.380. The second kappa shape index (κ2) is 6.26. The first-order valence-electron chi connectivity index (χ1n) is 5.56. The fourth-order valence-electron chi connectivity index (χ4n) is 1.49. The van der Waals surface area contributed by atoms with Gasteiger partial charge in [-0.2, -0.15) is 0 Å². The molecule has 1 aromatic heterocycles. The topological polar surface area (TPSA) is 29.3 Å². The van der Waals surface area contributed by atoms with E-state index in [2.05, 4.69) is 37.2 Å². The van der Waals surface area contributed by atoms with Crippen LogP contribution in [0.15, 0.2) is 11.4 Å². The zero-order valence-corrected chi connectivity index (χ0v) is 10.8. The number of nitrogens with zero attached hydrogens (tertiary/aromatic N) is 1. The van der Waals surface area contributed by atoms with Crippen LogP contribution >= 0.6 is 11.3 Å². The lowest BCUT2D eigenvalue weighted by Gasteiger charge is -2.17. The molecule has 1 unspecified atom stereocenters. The second-order valence-corrected chi connectivity index (χ2v) is 5.35. The van der Waals surface area contributed by atoms with Crippen LogP contribution in [0.1, 0.15) is 23.8 Å². The predicted octanol–water partition coefficient (Wildman–Crippen LogP) is 2.27. The minimum absolute atomic E-state index is 0.316. The van der Waals surface area contributed by atoms with Crippen molar-refractivity contribution in [1.29, 1.82) is 0 Å². The molecule has 0 fully saturated rings. The molecule has 0 spiro atoms. The van der Waals surface area contributed by atoms with Gasteiger partial charge in [-0.3, -0.25) is 0 Å². The summed E-state index contributed by atoms with van der Waals surface area (Å²) in [6, 6.07) is 2.51. The third-order valence-electron chi connectivity index (χ3n) is 2.65. The smallest absolute Gasteiger partial charge is 0.00871 e. The Kier molecular flexibility index (Phi) is 5.29. The lowest BCUT2D eigenvalue weighted by Crippen LogP contribution is -2.27. The molecule has 0 aliphatic rings. The molecule has 15 heavy (non-hydrogen) atoms. The standard InChI is InChI=1S/C12H22N2S/c1-10-6-9-15-12(10)5-8-14(3)7-4-11(2)13/h6,9,11H,4-5,7-8,13H2,1-3H3. The van der Waals surface area contributed by atoms with Crippen molar-refractivity contribution in [2.45, 2.75) is 32.7 Å². The Morgan fingerprint density at radius 1 is 1.47 bits per heavy atom. The van der Waals surface area contributed by atoms with Gasteiger partial charge in [0.1, 0.15) is 0 Å². The molecule has 0 aliphatic carbocycles. The molecule has 1 aromatic rings. The first-order valence-corrected chi connectivity index (χ1v) is 6.44. The average Bonchev–Trinajstić information content (AvgIpc) is 2.58. The largest absolute Gasteiger partial charge is 0.328 e. The van der Waals surface area contributed by atoms with Crippen molar-refractivity contribution in [3.05, 3.63) is 21.9 Å². The maximum atomic E-state index is 5.73. The number of likely N-dealkylation sites (N-methyl/N-ethyl adjacent to an activating group) is 1. The van der Waals surface area contributed by atoms with Crippen molar-refractivity contribution in [2.75, 3.05) is 20.1 Å². The van der Waals surface area contributed by atoms with Gasteiger partial charge in [-0.05, 0) is 57.3 Å². The summed E-state index contributed by atoms with van der Waals surface area (Å²) in [5, 5.41) is 2.17. The van der Waals surface area contributed by atoms with Gasteiger partial charge in [-0.1, -0.05) is 0 Å². The van der Waals surface area contributed by atoms with E-state index < -0.39 is 0 Å². The van der Waals surface area contributed by atoms with Crippen LogP contribution in [0.2, 0.25) is 0 Å². The van der Waals surface area contributed by atoms with E-state index in [0.29, 0.717) is 6.04 Å². The van der Waals surface area contributed by atoms with Gasteiger partial charge in [0.2, 0.25) is 0 Å². The Labute approximate surface area is 97.1 Å². The zero-order valence-electron chi connectivity index (χ0n) is 9.99. The minimum Gasteiger partial charge on any atom is -0.328 e. The third kappa shape index (κ3) is 4.78. The van der Waals surface area contributed by atoms with E-state index in [4.69, 9.17) is 5.73 Å². The van der Waals surface area contributed by atoms with Gasteiger partial charge in [0.15, 0.2) is 0 Å². The number of hydrogen-bond donors (Lipinski definition) is 1. The van der Waals surface area contributed by atoms with Crippen molar-refractivity contribution < 1.29 is 0 Å². The number of hydrogen-bond acceptors (Lipinski definition) is 3. The van der Waals surface area contributed by atoms with Gasteiger partial charge in [-0.25, -0.2) is 0 Å². The average molecular weight is 226 g/mol. The molecule has 0 aromatic carbocycles. The predicted molar refractivity (Wildman–Crippen MR) is 68.5 cm³/mol. The van der Waals surface area contributed by atoms with Crippen LogP contribution in [0.25, 0.3) is 0 Å². The molecule has 0 aliphatic heterocycles. The Morgan fingerprint density at radius 3 is 2.73 bits per heavy atom. The summed E-state index contributed by atoms with van der Waals surface area (Å²) >= 11 is 1.86. The minimum atomic E-state index is 0.316. The summed E-state index contributed by atoms with van der Waals surface area (Å²) < 4.78 is 0. The number of nitrogens with two attached hydrogens (primary N) is 1. The Balaban J connectivity index is 2.22. The molecule has 1 rings (SSSR count). The normalized spacial score (nSPS) is 13.4. The molecule has 0 saturated carbocycles. The quantitative estimate of drug-likeness (QED) is 0.806. The highest BCUT2D eigenvalue weighted by Crippen LogP contribution is 2.16. The van der Waals surface area contributed by atoms with Crippen molar-refractivity contribution >= 4 is 11.3 Å². The van der Waals surface area contributed by atoms with Crippen molar-refractivity contribution in [2.24, 2.45) is 5.73 Å². The summed E-state index contributed by atoms with van der Waals surface area (Å²) in [6.07, 6.45) is 2.25.